The molecule has 0 unspecified atom stereocenters. The predicted octanol–water partition coefficient (Wildman–Crippen LogP) is 4.28. The fourth-order valence-electron chi connectivity index (χ4n) is 4.44. The van der Waals surface area contributed by atoms with Crippen LogP contribution >= 0.6 is 0 Å². The molecule has 1 saturated heterocycles. The molecule has 194 valence electrons. The Morgan fingerprint density at radius 1 is 0.949 bits per heavy atom. The average molecular weight is 521 g/mol. The summed E-state index contributed by atoms with van der Waals surface area (Å²) >= 11 is 0. The van der Waals surface area contributed by atoms with Crippen molar-refractivity contribution in [3.63, 3.8) is 0 Å². The van der Waals surface area contributed by atoms with Gasteiger partial charge in [-0.3, -0.25) is 15.0 Å². The van der Waals surface area contributed by atoms with Crippen LogP contribution in [0.2, 0.25) is 0 Å². The molecule has 6 rings (SSSR count). The van der Waals surface area contributed by atoms with Gasteiger partial charge in [-0.2, -0.15) is 5.10 Å². The molecule has 1 fully saturated rings. The Bertz CT molecular complexity index is 1670. The van der Waals surface area contributed by atoms with Crippen molar-refractivity contribution in [1.82, 2.24) is 29.3 Å². The van der Waals surface area contributed by atoms with Gasteiger partial charge in [0, 0.05) is 37.2 Å². The van der Waals surface area contributed by atoms with Gasteiger partial charge in [0.25, 0.3) is 0 Å². The maximum absolute atomic E-state index is 13.7. The summed E-state index contributed by atoms with van der Waals surface area (Å²) in [5.41, 5.74) is 4.66. The molecule has 4 aromatic heterocycles. The van der Waals surface area contributed by atoms with Crippen LogP contribution in [0.1, 0.15) is 5.56 Å². The topological polar surface area (TPSA) is 97.7 Å². The highest BCUT2D eigenvalue weighted by molar-refractivity contribution is 5.78. The molecule has 0 radical (unpaired) electrons. The third-order valence-corrected chi connectivity index (χ3v) is 6.43. The van der Waals surface area contributed by atoms with E-state index < -0.39 is 0 Å². The van der Waals surface area contributed by atoms with Gasteiger partial charge in [-0.1, -0.05) is 0 Å². The number of pyridine rings is 2. The van der Waals surface area contributed by atoms with Crippen LogP contribution in [0.25, 0.3) is 40.6 Å². The molecule has 1 aliphatic heterocycles. The number of rotatable bonds is 6. The summed E-state index contributed by atoms with van der Waals surface area (Å²) in [6.45, 7) is 2.98. The molecule has 39 heavy (non-hydrogen) atoms. The molecule has 9 nitrogen and oxygen atoms in total. The van der Waals surface area contributed by atoms with Gasteiger partial charge in [0.05, 0.1) is 30.8 Å². The Kier molecular flexibility index (Phi) is 6.75. The number of nitrogens with zero attached hydrogens (tertiary/aromatic N) is 7. The number of nitrogens with one attached hydrogen (secondary N) is 1. The average Bonchev–Trinajstić information content (AvgIpc) is 3.43. The second-order valence-corrected chi connectivity index (χ2v) is 8.94. The number of halogens is 1. The Hall–Kier alpha value is -4.96. The van der Waals surface area contributed by atoms with Gasteiger partial charge in [-0.05, 0) is 72.3 Å². The number of hydrogen-bond donors (Lipinski definition) is 1. The van der Waals surface area contributed by atoms with Crippen molar-refractivity contribution in [3.05, 3.63) is 102 Å². The molecule has 0 spiro atoms. The zero-order valence-electron chi connectivity index (χ0n) is 21.0. The maximum atomic E-state index is 13.7. The van der Waals surface area contributed by atoms with Crippen LogP contribution in [0.3, 0.4) is 0 Å². The van der Waals surface area contributed by atoms with E-state index >= 15 is 0 Å². The summed E-state index contributed by atoms with van der Waals surface area (Å²) in [7, 11) is 0. The summed E-state index contributed by atoms with van der Waals surface area (Å²) in [6, 6.07) is 17.4. The number of morpholine rings is 1. The van der Waals surface area contributed by atoms with Gasteiger partial charge in [0.15, 0.2) is 0 Å². The van der Waals surface area contributed by atoms with Crippen molar-refractivity contribution >= 4 is 18.1 Å². The van der Waals surface area contributed by atoms with Crippen LogP contribution in [-0.2, 0) is 4.74 Å². The molecule has 0 aliphatic carbocycles. The number of benzene rings is 1. The first kappa shape index (κ1) is 24.4. The zero-order valence-corrected chi connectivity index (χ0v) is 21.0. The highest BCUT2D eigenvalue weighted by atomic mass is 19.1. The van der Waals surface area contributed by atoms with Crippen LogP contribution in [0, 0.1) is 11.2 Å². The van der Waals surface area contributed by atoms with E-state index in [2.05, 4.69) is 19.9 Å². The molecule has 10 heteroatoms. The first-order valence-corrected chi connectivity index (χ1v) is 12.5. The molecular formula is C29H25FN8O. The van der Waals surface area contributed by atoms with Crippen LogP contribution in [0.4, 0.5) is 10.2 Å². The molecule has 5 aromatic rings. The van der Waals surface area contributed by atoms with E-state index in [4.69, 9.17) is 15.2 Å². The molecule has 1 aliphatic rings. The quantitative estimate of drug-likeness (QED) is 0.359. The van der Waals surface area contributed by atoms with Gasteiger partial charge in [0.2, 0.25) is 0 Å². The monoisotopic (exact) mass is 520 g/mol. The molecule has 5 heterocycles. The van der Waals surface area contributed by atoms with Gasteiger partial charge in [-0.25, -0.2) is 19.0 Å². The van der Waals surface area contributed by atoms with Crippen LogP contribution in [0.15, 0.2) is 85.6 Å². The van der Waals surface area contributed by atoms with Crippen LogP contribution in [0.5, 0.6) is 0 Å². The van der Waals surface area contributed by atoms with Crippen LogP contribution in [-0.4, -0.2) is 55.6 Å². The smallest absolute Gasteiger partial charge is 0.146 e. The van der Waals surface area contributed by atoms with Crippen LogP contribution < -0.4 is 10.4 Å². The van der Waals surface area contributed by atoms with Gasteiger partial charge < -0.3 is 9.64 Å². The van der Waals surface area contributed by atoms with E-state index in [1.165, 1.54) is 16.8 Å². The first-order chi connectivity index (χ1) is 19.2. The standard InChI is InChI=1S/C29H25FN8O/c30-23-5-3-22(4-6-23)28-29(37(20-34-28)24-2-1-11-32-19-24)25-7-8-26(31)38(35-25)13-10-21-9-12-33-27(18-21)36-14-16-39-17-15-36/h1-13,18-20,31H,14-17H2/b13-10+,31-26?. The Morgan fingerprint density at radius 2 is 1.79 bits per heavy atom. The second-order valence-electron chi connectivity index (χ2n) is 8.94. The number of aromatic nitrogens is 6. The van der Waals surface area contributed by atoms with E-state index in [1.807, 2.05) is 34.9 Å². The third-order valence-electron chi connectivity index (χ3n) is 6.43. The fraction of sp³-hybridized carbons (Fsp3) is 0.138. The third kappa shape index (κ3) is 5.23. The summed E-state index contributed by atoms with van der Waals surface area (Å²) in [5.74, 6) is 0.571. The van der Waals surface area contributed by atoms with Crippen molar-refractivity contribution in [3.8, 4) is 28.3 Å². The molecular weight excluding hydrogens is 495 g/mol. The van der Waals surface area contributed by atoms with Crippen molar-refractivity contribution in [1.29, 1.82) is 5.41 Å². The lowest BCUT2D eigenvalue weighted by molar-refractivity contribution is 0.122. The largest absolute Gasteiger partial charge is 0.378 e. The molecule has 0 saturated carbocycles. The number of hydrogen-bond acceptors (Lipinski definition) is 7. The minimum absolute atomic E-state index is 0.216. The summed E-state index contributed by atoms with van der Waals surface area (Å²) in [6.07, 6.45) is 10.6. The van der Waals surface area contributed by atoms with Crippen molar-refractivity contribution in [2.24, 2.45) is 0 Å². The number of anilines is 1. The lowest BCUT2D eigenvalue weighted by Crippen LogP contribution is -2.36. The minimum Gasteiger partial charge on any atom is -0.378 e. The Balaban J connectivity index is 1.39. The SMILES string of the molecule is N=c1ccc(-c2c(-c3ccc(F)cc3)ncn2-c2cccnc2)nn1/C=C/c1ccnc(N2CCOCC2)c1. The van der Waals surface area contributed by atoms with Crippen molar-refractivity contribution < 1.29 is 9.13 Å². The summed E-state index contributed by atoms with van der Waals surface area (Å²) < 4.78 is 22.5. The summed E-state index contributed by atoms with van der Waals surface area (Å²) in [4.78, 5) is 15.6. The van der Waals surface area contributed by atoms with E-state index in [-0.39, 0.29) is 11.3 Å². The van der Waals surface area contributed by atoms with E-state index in [0.717, 1.165) is 35.7 Å². The highest BCUT2D eigenvalue weighted by Crippen LogP contribution is 2.32. The molecule has 1 aromatic carbocycles. The second kappa shape index (κ2) is 10.8. The van der Waals surface area contributed by atoms with Gasteiger partial charge in [-0.15, -0.1) is 0 Å². The Labute approximate surface area is 224 Å². The molecule has 0 bridgehead atoms. The molecule has 0 atom stereocenters. The maximum Gasteiger partial charge on any atom is 0.146 e. The lowest BCUT2D eigenvalue weighted by atomic mass is 10.1. The molecule has 1 N–H and O–H groups in total. The molecule has 0 amide bonds. The van der Waals surface area contributed by atoms with E-state index in [9.17, 15) is 4.39 Å². The van der Waals surface area contributed by atoms with E-state index in [1.54, 1.807) is 55.4 Å². The minimum atomic E-state index is -0.320. The fourth-order valence-corrected chi connectivity index (χ4v) is 4.44. The lowest BCUT2D eigenvalue weighted by Gasteiger charge is -2.27. The van der Waals surface area contributed by atoms with Crippen molar-refractivity contribution in [2.75, 3.05) is 31.2 Å². The number of ether oxygens (including phenoxy) is 1. The normalized spacial score (nSPS) is 13.7. The van der Waals surface area contributed by atoms with E-state index in [0.29, 0.717) is 30.3 Å². The first-order valence-electron chi connectivity index (χ1n) is 12.5. The predicted molar refractivity (Wildman–Crippen MR) is 146 cm³/mol. The van der Waals surface area contributed by atoms with Crippen molar-refractivity contribution in [2.45, 2.75) is 0 Å². The zero-order chi connectivity index (χ0) is 26.6. The Morgan fingerprint density at radius 3 is 2.59 bits per heavy atom. The van der Waals surface area contributed by atoms with Gasteiger partial charge >= 0.3 is 0 Å². The number of imidazole rings is 1. The van der Waals surface area contributed by atoms with Gasteiger partial charge in [0.1, 0.15) is 34.8 Å². The summed E-state index contributed by atoms with van der Waals surface area (Å²) in [5, 5.41) is 13.2. The highest BCUT2D eigenvalue weighted by Gasteiger charge is 2.18.